The predicted molar refractivity (Wildman–Crippen MR) is 98.8 cm³/mol. The third-order valence-electron chi connectivity index (χ3n) is 9.30. The highest BCUT2D eigenvalue weighted by molar-refractivity contribution is 5.32. The van der Waals surface area contributed by atoms with E-state index in [1.165, 1.54) is 6.42 Å². The van der Waals surface area contributed by atoms with Crippen LogP contribution in [0.4, 0.5) is 0 Å². The molecule has 0 aromatic rings. The lowest BCUT2D eigenvalue weighted by Gasteiger charge is -2.63. The summed E-state index contributed by atoms with van der Waals surface area (Å²) in [6.45, 7) is 27.7. The van der Waals surface area contributed by atoms with Crippen LogP contribution in [0.15, 0.2) is 11.1 Å². The summed E-state index contributed by atoms with van der Waals surface area (Å²) >= 11 is 0. The highest BCUT2D eigenvalue weighted by Crippen LogP contribution is 2.66. The Hall–Kier alpha value is -0.260. The third-order valence-corrected chi connectivity index (χ3v) is 9.30. The molecular formula is C22H40. The fourth-order valence-corrected chi connectivity index (χ4v) is 6.30. The zero-order valence-electron chi connectivity index (χ0n) is 17.1. The summed E-state index contributed by atoms with van der Waals surface area (Å²) in [5.41, 5.74) is 4.57. The van der Waals surface area contributed by atoms with Gasteiger partial charge in [-0.05, 0) is 59.2 Å². The minimum atomic E-state index is 0.307. The summed E-state index contributed by atoms with van der Waals surface area (Å²) in [6.07, 6.45) is 1.35. The Kier molecular flexibility index (Phi) is 4.21. The van der Waals surface area contributed by atoms with Gasteiger partial charge in [0, 0.05) is 0 Å². The van der Waals surface area contributed by atoms with E-state index in [4.69, 9.17) is 0 Å². The second kappa shape index (κ2) is 5.12. The van der Waals surface area contributed by atoms with Gasteiger partial charge in [0.15, 0.2) is 0 Å². The highest BCUT2D eigenvalue weighted by Gasteiger charge is 2.57. The number of allylic oxidation sites excluding steroid dienone is 2. The van der Waals surface area contributed by atoms with Gasteiger partial charge in [-0.25, -0.2) is 0 Å². The van der Waals surface area contributed by atoms with E-state index in [0.717, 1.165) is 23.7 Å². The Morgan fingerprint density at radius 1 is 0.773 bits per heavy atom. The van der Waals surface area contributed by atoms with E-state index in [-0.39, 0.29) is 0 Å². The van der Waals surface area contributed by atoms with Crippen molar-refractivity contribution in [2.75, 3.05) is 0 Å². The fourth-order valence-electron chi connectivity index (χ4n) is 6.30. The molecule has 0 aromatic heterocycles. The van der Waals surface area contributed by atoms with Crippen LogP contribution >= 0.6 is 0 Å². The molecular weight excluding hydrogens is 264 g/mol. The van der Waals surface area contributed by atoms with Gasteiger partial charge in [-0.1, -0.05) is 80.4 Å². The highest BCUT2D eigenvalue weighted by atomic mass is 14.6. The van der Waals surface area contributed by atoms with Crippen LogP contribution in [-0.4, -0.2) is 0 Å². The Labute approximate surface area is 140 Å². The SMILES string of the molecule is CC1=C2C(C)C(C)C(C)(C)C(C)C(C)C(C)(CC1C)C2(C)C. The smallest absolute Gasteiger partial charge is 0.00826 e. The average molecular weight is 305 g/mol. The number of rotatable bonds is 0. The van der Waals surface area contributed by atoms with Crippen molar-refractivity contribution < 1.29 is 0 Å². The van der Waals surface area contributed by atoms with E-state index < -0.39 is 0 Å². The topological polar surface area (TPSA) is 0 Å². The first kappa shape index (κ1) is 18.1. The molecule has 0 amide bonds. The minimum absolute atomic E-state index is 0.307. The summed E-state index contributed by atoms with van der Waals surface area (Å²) in [6, 6.07) is 0. The quantitative estimate of drug-likeness (QED) is 0.424. The van der Waals surface area contributed by atoms with Gasteiger partial charge in [0.1, 0.15) is 0 Å². The first-order valence-electron chi connectivity index (χ1n) is 9.51. The maximum atomic E-state index is 2.59. The molecule has 2 bridgehead atoms. The molecule has 0 heterocycles. The number of hydrogen-bond acceptors (Lipinski definition) is 0. The lowest BCUT2D eigenvalue weighted by molar-refractivity contribution is -0.0778. The average Bonchev–Trinajstić information content (AvgIpc) is 2.41. The maximum Gasteiger partial charge on any atom is -0.00826 e. The van der Waals surface area contributed by atoms with Crippen molar-refractivity contribution in [3.63, 3.8) is 0 Å². The first-order chi connectivity index (χ1) is 9.80. The van der Waals surface area contributed by atoms with Gasteiger partial charge in [-0.3, -0.25) is 0 Å². The molecule has 6 unspecified atom stereocenters. The Balaban J connectivity index is 2.77. The molecule has 0 aromatic carbocycles. The van der Waals surface area contributed by atoms with E-state index >= 15 is 0 Å². The zero-order valence-corrected chi connectivity index (χ0v) is 17.1. The molecule has 2 aliphatic rings. The molecule has 0 heteroatoms. The molecule has 6 atom stereocenters. The molecule has 0 nitrogen and oxygen atoms in total. The van der Waals surface area contributed by atoms with Crippen molar-refractivity contribution in [1.29, 1.82) is 0 Å². The van der Waals surface area contributed by atoms with Crippen LogP contribution < -0.4 is 0 Å². The van der Waals surface area contributed by atoms with Crippen molar-refractivity contribution in [1.82, 2.24) is 0 Å². The van der Waals surface area contributed by atoms with E-state index in [1.807, 2.05) is 0 Å². The Morgan fingerprint density at radius 3 is 1.77 bits per heavy atom. The fraction of sp³-hybridized carbons (Fsp3) is 0.909. The van der Waals surface area contributed by atoms with Gasteiger partial charge in [0.25, 0.3) is 0 Å². The van der Waals surface area contributed by atoms with Crippen LogP contribution in [0.5, 0.6) is 0 Å². The Bertz CT molecular complexity index is 478. The third kappa shape index (κ3) is 2.08. The molecule has 1 saturated carbocycles. The largest absolute Gasteiger partial charge is 0.0704 e. The molecule has 1 fully saturated rings. The second-order valence-electron chi connectivity index (χ2n) is 10.2. The molecule has 0 N–H and O–H groups in total. The molecule has 2 aliphatic carbocycles. The summed E-state index contributed by atoms with van der Waals surface area (Å²) in [7, 11) is 0. The molecule has 0 aliphatic heterocycles. The standard InChI is InChI=1S/C22H40/c1-13-12-22(11)18(6)17(5)20(7,8)16(4)15(3)19(14(13)2)21(22,9)10/h13,15-18H,12H2,1-11H3. The van der Waals surface area contributed by atoms with Crippen molar-refractivity contribution >= 4 is 0 Å². The van der Waals surface area contributed by atoms with Crippen molar-refractivity contribution in [3.8, 4) is 0 Å². The van der Waals surface area contributed by atoms with Crippen LogP contribution in [0.3, 0.4) is 0 Å². The number of fused-ring (bicyclic) bond motifs is 2. The van der Waals surface area contributed by atoms with Gasteiger partial charge in [0.05, 0.1) is 0 Å². The summed E-state index contributed by atoms with van der Waals surface area (Å²) in [4.78, 5) is 0. The van der Waals surface area contributed by atoms with Gasteiger partial charge in [-0.2, -0.15) is 0 Å². The summed E-state index contributed by atoms with van der Waals surface area (Å²) < 4.78 is 0. The molecule has 128 valence electrons. The maximum absolute atomic E-state index is 2.59. The van der Waals surface area contributed by atoms with E-state index in [1.54, 1.807) is 11.1 Å². The summed E-state index contributed by atoms with van der Waals surface area (Å²) in [5, 5.41) is 0. The number of hydrogen-bond donors (Lipinski definition) is 0. The van der Waals surface area contributed by atoms with Crippen molar-refractivity contribution in [2.45, 2.75) is 82.6 Å². The zero-order chi connectivity index (χ0) is 17.2. The van der Waals surface area contributed by atoms with Gasteiger partial charge in [0.2, 0.25) is 0 Å². The molecule has 0 radical (unpaired) electrons. The van der Waals surface area contributed by atoms with Crippen LogP contribution in [0.1, 0.15) is 82.6 Å². The van der Waals surface area contributed by atoms with E-state index in [0.29, 0.717) is 22.2 Å². The normalized spacial score (nSPS) is 47.9. The van der Waals surface area contributed by atoms with Gasteiger partial charge in [-0.15, -0.1) is 0 Å². The van der Waals surface area contributed by atoms with Crippen molar-refractivity contribution in [3.05, 3.63) is 11.1 Å². The lowest BCUT2D eigenvalue weighted by Crippen LogP contribution is -2.55. The van der Waals surface area contributed by atoms with E-state index in [2.05, 4.69) is 76.2 Å². The first-order valence-corrected chi connectivity index (χ1v) is 9.51. The second-order valence-corrected chi connectivity index (χ2v) is 10.2. The van der Waals surface area contributed by atoms with Crippen LogP contribution in [0.25, 0.3) is 0 Å². The molecule has 22 heavy (non-hydrogen) atoms. The molecule has 2 rings (SSSR count). The van der Waals surface area contributed by atoms with Gasteiger partial charge >= 0.3 is 0 Å². The van der Waals surface area contributed by atoms with Gasteiger partial charge < -0.3 is 0 Å². The summed E-state index contributed by atoms with van der Waals surface area (Å²) in [5.74, 6) is 3.64. The lowest BCUT2D eigenvalue weighted by atomic mass is 9.42. The molecule has 0 spiro atoms. The Morgan fingerprint density at radius 2 is 1.27 bits per heavy atom. The van der Waals surface area contributed by atoms with Crippen molar-refractivity contribution in [2.24, 2.45) is 45.8 Å². The van der Waals surface area contributed by atoms with Crippen LogP contribution in [0.2, 0.25) is 0 Å². The monoisotopic (exact) mass is 304 g/mol. The predicted octanol–water partition coefficient (Wildman–Crippen LogP) is 6.96. The van der Waals surface area contributed by atoms with E-state index in [9.17, 15) is 0 Å². The van der Waals surface area contributed by atoms with Crippen LogP contribution in [0, 0.1) is 45.8 Å². The van der Waals surface area contributed by atoms with Crippen LogP contribution in [-0.2, 0) is 0 Å². The minimum Gasteiger partial charge on any atom is -0.0704 e. The molecule has 0 saturated heterocycles.